The van der Waals surface area contributed by atoms with Crippen LogP contribution in [-0.2, 0) is 5.41 Å². The highest BCUT2D eigenvalue weighted by Gasteiger charge is 2.49. The van der Waals surface area contributed by atoms with Gasteiger partial charge in [0.2, 0.25) is 0 Å². The molecule has 2 aliphatic rings. The quantitative estimate of drug-likeness (QED) is 0.159. The summed E-state index contributed by atoms with van der Waals surface area (Å²) >= 11 is 0. The second-order valence-electron chi connectivity index (χ2n) is 24.3. The summed E-state index contributed by atoms with van der Waals surface area (Å²) in [6.45, 7) is 0. The van der Waals surface area contributed by atoms with Crippen LogP contribution in [0.15, 0.2) is 314 Å². The first kappa shape index (κ1) is 48.5. The monoisotopic (exact) mass is 1130 g/mol. The van der Waals surface area contributed by atoms with Gasteiger partial charge in [-0.25, -0.2) is 0 Å². The van der Waals surface area contributed by atoms with Gasteiger partial charge in [0, 0.05) is 60.5 Å². The smallest absolute Gasteiger partial charge is 0.159 e. The molecule has 0 saturated heterocycles. The van der Waals surface area contributed by atoms with Crippen molar-refractivity contribution >= 4 is 115 Å². The predicted octanol–water partition coefficient (Wildman–Crippen LogP) is 22.7. The lowest BCUT2D eigenvalue weighted by molar-refractivity contribution is 0.669. The molecule has 1 aliphatic carbocycles. The lowest BCUT2D eigenvalue weighted by Crippen LogP contribution is -2.28. The number of hydrogen-bond acceptors (Lipinski definition) is 2. The van der Waals surface area contributed by atoms with Crippen molar-refractivity contribution in [1.29, 1.82) is 0 Å². The lowest BCUT2D eigenvalue weighted by atomic mass is 9.67. The van der Waals surface area contributed by atoms with Crippen LogP contribution in [0.2, 0.25) is 0 Å². The SMILES string of the molecule is c1ccc(-n2c3ccccc3c3ccc(N(c4ccc5cc(-c6ccc7c(c6)-c6cccc8c6-c6c(ccc9c%10ccccc%10n-7c69)C8(c6ccc7ccccc7c6)c6ccc7ccccc7c6)ccc5c4)c4cccc5c4oc4ccccc45)cc32)cc1. The third-order valence-corrected chi connectivity index (χ3v) is 19.8. The second kappa shape index (κ2) is 18.2. The van der Waals surface area contributed by atoms with Gasteiger partial charge in [0.25, 0.3) is 0 Å². The molecule has 4 nitrogen and oxygen atoms in total. The minimum atomic E-state index is -0.625. The van der Waals surface area contributed by atoms with Gasteiger partial charge in [0.05, 0.1) is 38.9 Å². The summed E-state index contributed by atoms with van der Waals surface area (Å²) in [5.41, 5.74) is 23.8. The van der Waals surface area contributed by atoms with Crippen LogP contribution >= 0.6 is 0 Å². The van der Waals surface area contributed by atoms with Gasteiger partial charge < -0.3 is 18.5 Å². The highest BCUT2D eigenvalue weighted by Crippen LogP contribution is 2.63. The Kier molecular flexibility index (Phi) is 9.90. The Morgan fingerprint density at radius 2 is 0.876 bits per heavy atom. The summed E-state index contributed by atoms with van der Waals surface area (Å²) in [7, 11) is 0. The Morgan fingerprint density at radius 1 is 0.315 bits per heavy atom. The molecule has 412 valence electrons. The molecule has 20 rings (SSSR count). The maximum atomic E-state index is 6.85. The Morgan fingerprint density at radius 3 is 1.67 bits per heavy atom. The van der Waals surface area contributed by atoms with Gasteiger partial charge in [-0.3, -0.25) is 0 Å². The van der Waals surface area contributed by atoms with Crippen molar-refractivity contribution < 1.29 is 4.42 Å². The zero-order valence-corrected chi connectivity index (χ0v) is 48.2. The summed E-state index contributed by atoms with van der Waals surface area (Å²) < 4.78 is 11.8. The van der Waals surface area contributed by atoms with Crippen LogP contribution in [0.4, 0.5) is 17.1 Å². The fourth-order valence-corrected chi connectivity index (χ4v) is 16.0. The van der Waals surface area contributed by atoms with Crippen molar-refractivity contribution in [3.8, 4) is 44.8 Å². The van der Waals surface area contributed by atoms with Crippen molar-refractivity contribution in [3.63, 3.8) is 0 Å². The number of hydrogen-bond donors (Lipinski definition) is 0. The first-order chi connectivity index (χ1) is 44.1. The van der Waals surface area contributed by atoms with Crippen LogP contribution in [0.25, 0.3) is 143 Å². The van der Waals surface area contributed by atoms with Gasteiger partial charge >= 0.3 is 0 Å². The molecule has 3 aromatic heterocycles. The number of fused-ring (bicyclic) bond motifs is 15. The summed E-state index contributed by atoms with van der Waals surface area (Å²) in [6.07, 6.45) is 0. The minimum Gasteiger partial charge on any atom is -0.454 e. The average Bonchev–Trinajstić information content (AvgIpc) is 1.51. The van der Waals surface area contributed by atoms with Crippen LogP contribution in [-0.4, -0.2) is 9.13 Å². The van der Waals surface area contributed by atoms with E-state index in [1.807, 2.05) is 6.07 Å². The molecule has 89 heavy (non-hydrogen) atoms. The number of anilines is 3. The number of benzene rings is 15. The molecular weight excluding hydrogens is 1080 g/mol. The summed E-state index contributed by atoms with van der Waals surface area (Å²) in [4.78, 5) is 2.38. The number of nitrogens with zero attached hydrogens (tertiary/aromatic N) is 3. The Labute approximate surface area is 512 Å². The fourth-order valence-electron chi connectivity index (χ4n) is 16.0. The first-order valence-electron chi connectivity index (χ1n) is 30.8. The van der Waals surface area contributed by atoms with E-state index in [4.69, 9.17) is 4.42 Å². The molecular formula is C85H51N3O. The van der Waals surface area contributed by atoms with Gasteiger partial charge in [0.1, 0.15) is 5.58 Å². The van der Waals surface area contributed by atoms with Crippen molar-refractivity contribution in [2.24, 2.45) is 0 Å². The van der Waals surface area contributed by atoms with E-state index in [2.05, 4.69) is 317 Å². The summed E-state index contributed by atoms with van der Waals surface area (Å²) in [6, 6.07) is 115. The molecule has 0 radical (unpaired) electrons. The maximum absolute atomic E-state index is 6.85. The van der Waals surface area contributed by atoms with Gasteiger partial charge in [-0.15, -0.1) is 0 Å². The average molecular weight is 1130 g/mol. The first-order valence-corrected chi connectivity index (χ1v) is 30.8. The third-order valence-electron chi connectivity index (χ3n) is 19.8. The molecule has 0 N–H and O–H groups in total. The Bertz CT molecular complexity index is 6000. The zero-order valence-electron chi connectivity index (χ0n) is 48.2. The minimum absolute atomic E-state index is 0.625. The van der Waals surface area contributed by atoms with Gasteiger partial charge in [-0.2, -0.15) is 0 Å². The highest BCUT2D eigenvalue weighted by atomic mass is 16.3. The van der Waals surface area contributed by atoms with E-state index in [9.17, 15) is 0 Å². The molecule has 15 aromatic carbocycles. The molecule has 4 heteroatoms. The summed E-state index contributed by atoms with van der Waals surface area (Å²) in [5.74, 6) is 0. The van der Waals surface area contributed by atoms with E-state index in [0.29, 0.717) is 0 Å². The molecule has 0 saturated carbocycles. The molecule has 4 heterocycles. The number of para-hydroxylation sites is 5. The molecule has 0 unspecified atom stereocenters. The van der Waals surface area contributed by atoms with E-state index in [-0.39, 0.29) is 0 Å². The van der Waals surface area contributed by atoms with Crippen molar-refractivity contribution in [2.75, 3.05) is 4.90 Å². The highest BCUT2D eigenvalue weighted by molar-refractivity contribution is 6.20. The van der Waals surface area contributed by atoms with Gasteiger partial charge in [-0.05, 0) is 168 Å². The zero-order chi connectivity index (χ0) is 58.1. The van der Waals surface area contributed by atoms with E-state index >= 15 is 0 Å². The normalized spacial score (nSPS) is 13.0. The van der Waals surface area contributed by atoms with E-state index in [1.165, 1.54) is 115 Å². The molecule has 0 atom stereocenters. The lowest BCUT2D eigenvalue weighted by Gasteiger charge is -2.34. The topological polar surface area (TPSA) is 26.2 Å². The molecule has 0 bridgehead atoms. The molecule has 0 fully saturated rings. The van der Waals surface area contributed by atoms with Crippen LogP contribution in [0.1, 0.15) is 22.3 Å². The number of rotatable bonds is 7. The van der Waals surface area contributed by atoms with Crippen LogP contribution in [0.3, 0.4) is 0 Å². The van der Waals surface area contributed by atoms with Crippen molar-refractivity contribution in [3.05, 3.63) is 332 Å². The van der Waals surface area contributed by atoms with E-state index in [1.54, 1.807) is 0 Å². The third kappa shape index (κ3) is 6.72. The predicted molar refractivity (Wildman–Crippen MR) is 371 cm³/mol. The van der Waals surface area contributed by atoms with Crippen LogP contribution in [0.5, 0.6) is 0 Å². The standard InChI is InChI=1S/C85H51N3O/c1-2-20-62(21-3-1)87-75-28-11-8-22-65(75)67-42-41-64(51-79(67)87)86(78-30-15-26-71-68-24-10-13-31-80(68)89-84(71)78)63-40-36-57-46-56(32-33-58(57)49-63)59-37-45-77-72(50-59)69-25-14-27-73-81(69)82-74(44-43-70-66-23-9-12-29-76(66)88(77)83(70)82)85(73,60-38-34-52-16-4-6-18-54(52)47-60)61-39-35-53-17-5-7-19-55(53)48-61/h1-51H. The largest absolute Gasteiger partial charge is 0.454 e. The molecule has 1 aliphatic heterocycles. The van der Waals surface area contributed by atoms with E-state index in [0.717, 1.165) is 66.5 Å². The Hall–Kier alpha value is -11.7. The van der Waals surface area contributed by atoms with Crippen LogP contribution < -0.4 is 4.90 Å². The van der Waals surface area contributed by atoms with Crippen molar-refractivity contribution in [2.45, 2.75) is 5.41 Å². The number of aromatic nitrogens is 2. The summed E-state index contributed by atoms with van der Waals surface area (Å²) in [5, 5.41) is 14.4. The molecule has 0 spiro atoms. The maximum Gasteiger partial charge on any atom is 0.159 e. The van der Waals surface area contributed by atoms with E-state index < -0.39 is 5.41 Å². The molecule has 0 amide bonds. The number of furan rings is 1. The Balaban J connectivity index is 0.776. The van der Waals surface area contributed by atoms with Gasteiger partial charge in [0.15, 0.2) is 5.58 Å². The van der Waals surface area contributed by atoms with Crippen LogP contribution in [0, 0.1) is 0 Å². The van der Waals surface area contributed by atoms with Gasteiger partial charge in [-0.1, -0.05) is 218 Å². The van der Waals surface area contributed by atoms with Crippen molar-refractivity contribution in [1.82, 2.24) is 9.13 Å². The second-order valence-corrected chi connectivity index (χ2v) is 24.3. The fraction of sp³-hybridized carbons (Fsp3) is 0.0118. The molecule has 18 aromatic rings.